The Balaban J connectivity index is 2.34. The largest absolute Gasteiger partial charge is 0.309 e. The van der Waals surface area contributed by atoms with Crippen LogP contribution in [-0.2, 0) is 6.54 Å². The molecule has 0 aromatic carbocycles. The molecule has 1 N–H and O–H groups in total. The molecule has 1 atom stereocenters. The van der Waals surface area contributed by atoms with Gasteiger partial charge in [0.05, 0.1) is 11.2 Å². The van der Waals surface area contributed by atoms with Gasteiger partial charge < -0.3 is 5.32 Å². The van der Waals surface area contributed by atoms with Crippen LogP contribution in [0.25, 0.3) is 0 Å². The van der Waals surface area contributed by atoms with Crippen LogP contribution >= 0.6 is 11.3 Å². The lowest BCUT2D eigenvalue weighted by molar-refractivity contribution is 0.472. The number of aromatic nitrogens is 1. The molecule has 0 spiro atoms. The van der Waals surface area contributed by atoms with E-state index in [0.29, 0.717) is 6.04 Å². The average Bonchev–Trinajstić information content (AvgIpc) is 2.65. The predicted octanol–water partition coefficient (Wildman–Crippen LogP) is 3.29. The zero-order valence-corrected chi connectivity index (χ0v) is 10.4. The van der Waals surface area contributed by atoms with E-state index in [9.17, 15) is 0 Å². The highest BCUT2D eigenvalue weighted by Crippen LogP contribution is 2.12. The fourth-order valence-corrected chi connectivity index (χ4v) is 2.23. The van der Waals surface area contributed by atoms with Gasteiger partial charge in [0, 0.05) is 17.5 Å². The van der Waals surface area contributed by atoms with Gasteiger partial charge >= 0.3 is 0 Å². The Morgan fingerprint density at radius 3 is 3.00 bits per heavy atom. The molecule has 0 saturated carbocycles. The minimum Gasteiger partial charge on any atom is -0.309 e. The summed E-state index contributed by atoms with van der Waals surface area (Å²) in [6, 6.07) is 0.601. The van der Waals surface area contributed by atoms with Gasteiger partial charge in [0.1, 0.15) is 0 Å². The first-order valence-corrected chi connectivity index (χ1v) is 6.39. The summed E-state index contributed by atoms with van der Waals surface area (Å²) in [4.78, 5) is 5.60. The molecule has 0 fully saturated rings. The summed E-state index contributed by atoms with van der Waals surface area (Å²) in [6.45, 7) is 9.00. The maximum Gasteiger partial charge on any atom is 0.0798 e. The van der Waals surface area contributed by atoms with Crippen LogP contribution in [0, 0.1) is 6.92 Å². The second-order valence-corrected chi connectivity index (χ2v) is 4.65. The number of allylic oxidation sites excluding steroid dienone is 1. The van der Waals surface area contributed by atoms with Gasteiger partial charge in [0.25, 0.3) is 0 Å². The van der Waals surface area contributed by atoms with E-state index in [1.54, 1.807) is 11.3 Å². The summed E-state index contributed by atoms with van der Waals surface area (Å²) >= 11 is 1.73. The number of nitrogens with zero attached hydrogens (tertiary/aromatic N) is 1. The Hall–Kier alpha value is -0.670. The highest BCUT2D eigenvalue weighted by atomic mass is 32.1. The first-order valence-electron chi connectivity index (χ1n) is 5.51. The van der Waals surface area contributed by atoms with Crippen LogP contribution in [-0.4, -0.2) is 11.0 Å². The number of hydrogen-bond acceptors (Lipinski definition) is 3. The summed E-state index contributed by atoms with van der Waals surface area (Å²) in [5.41, 5.74) is 3.07. The van der Waals surface area contributed by atoms with Gasteiger partial charge in [-0.3, -0.25) is 0 Å². The van der Waals surface area contributed by atoms with Crippen LogP contribution in [0.1, 0.15) is 36.8 Å². The molecular weight excluding hydrogens is 204 g/mol. The van der Waals surface area contributed by atoms with Crippen molar-refractivity contribution in [2.45, 2.75) is 45.7 Å². The van der Waals surface area contributed by atoms with Crippen LogP contribution < -0.4 is 5.32 Å². The molecule has 15 heavy (non-hydrogen) atoms. The number of thiazole rings is 1. The van der Waals surface area contributed by atoms with E-state index in [0.717, 1.165) is 18.7 Å². The molecule has 0 amide bonds. The number of nitrogens with one attached hydrogen (secondary N) is 1. The van der Waals surface area contributed by atoms with Gasteiger partial charge in [0.15, 0.2) is 0 Å². The molecule has 1 aromatic rings. The molecule has 84 valence electrons. The normalized spacial score (nSPS) is 12.7. The molecule has 0 aliphatic carbocycles. The highest BCUT2D eigenvalue weighted by Gasteiger charge is 2.06. The highest BCUT2D eigenvalue weighted by molar-refractivity contribution is 7.09. The second-order valence-electron chi connectivity index (χ2n) is 3.71. The summed E-state index contributed by atoms with van der Waals surface area (Å²) < 4.78 is 0. The lowest BCUT2D eigenvalue weighted by Gasteiger charge is -2.15. The third-order valence-corrected chi connectivity index (χ3v) is 3.54. The number of aryl methyl sites for hydroxylation is 1. The smallest absolute Gasteiger partial charge is 0.0798 e. The van der Waals surface area contributed by atoms with Crippen molar-refractivity contribution in [3.63, 3.8) is 0 Å². The molecule has 0 bridgehead atoms. The van der Waals surface area contributed by atoms with Crippen LogP contribution in [0.5, 0.6) is 0 Å². The van der Waals surface area contributed by atoms with Gasteiger partial charge in [-0.1, -0.05) is 13.0 Å². The van der Waals surface area contributed by atoms with Crippen LogP contribution in [0.2, 0.25) is 0 Å². The van der Waals surface area contributed by atoms with Gasteiger partial charge in [0.2, 0.25) is 0 Å². The lowest BCUT2D eigenvalue weighted by Crippen LogP contribution is -2.27. The van der Waals surface area contributed by atoms with Crippen molar-refractivity contribution < 1.29 is 0 Å². The van der Waals surface area contributed by atoms with Gasteiger partial charge in [-0.2, -0.15) is 0 Å². The van der Waals surface area contributed by atoms with E-state index in [1.165, 1.54) is 17.7 Å². The zero-order valence-electron chi connectivity index (χ0n) is 9.62. The Morgan fingerprint density at radius 1 is 1.67 bits per heavy atom. The Morgan fingerprint density at radius 2 is 2.47 bits per heavy atom. The molecule has 0 aliphatic heterocycles. The molecule has 1 aromatic heterocycles. The number of hydrogen-bond donors (Lipinski definition) is 1. The summed E-state index contributed by atoms with van der Waals surface area (Å²) in [6.07, 6.45) is 5.43. The van der Waals surface area contributed by atoms with E-state index in [-0.39, 0.29) is 0 Å². The van der Waals surface area contributed by atoms with Crippen molar-refractivity contribution in [2.24, 2.45) is 0 Å². The quantitative estimate of drug-likeness (QED) is 0.719. The third kappa shape index (κ3) is 4.14. The molecule has 0 aliphatic rings. The van der Waals surface area contributed by atoms with E-state index in [2.05, 4.69) is 30.7 Å². The summed E-state index contributed by atoms with van der Waals surface area (Å²) in [5, 5.41) is 3.57. The molecule has 2 nitrogen and oxygen atoms in total. The Labute approximate surface area is 96.4 Å². The summed E-state index contributed by atoms with van der Waals surface area (Å²) in [5.74, 6) is 0. The number of rotatable bonds is 7. The molecule has 1 rings (SSSR count). The zero-order chi connectivity index (χ0) is 11.1. The van der Waals surface area contributed by atoms with Crippen molar-refractivity contribution in [1.82, 2.24) is 10.3 Å². The monoisotopic (exact) mass is 224 g/mol. The van der Waals surface area contributed by atoms with E-state index in [4.69, 9.17) is 0 Å². The fraction of sp³-hybridized carbons (Fsp3) is 0.583. The minimum absolute atomic E-state index is 0.601. The van der Waals surface area contributed by atoms with Crippen LogP contribution in [0.3, 0.4) is 0 Å². The average molecular weight is 224 g/mol. The van der Waals surface area contributed by atoms with Crippen molar-refractivity contribution in [3.05, 3.63) is 28.7 Å². The Kier molecular flexibility index (Phi) is 5.58. The second kappa shape index (κ2) is 6.75. The Bertz CT molecular complexity index is 294. The lowest BCUT2D eigenvalue weighted by atomic mass is 10.1. The van der Waals surface area contributed by atoms with Crippen LogP contribution in [0.15, 0.2) is 18.2 Å². The van der Waals surface area contributed by atoms with E-state index in [1.807, 2.05) is 11.6 Å². The van der Waals surface area contributed by atoms with Crippen molar-refractivity contribution in [1.29, 1.82) is 0 Å². The standard InChI is InChI=1S/C12H20N2S/c1-4-6-7-11(5-2)13-8-12-10(3)14-9-15-12/h4,9,11,13H,1,5-8H2,2-3H3/t11-/m1/s1. The molecule has 3 heteroatoms. The predicted molar refractivity (Wildman–Crippen MR) is 67.2 cm³/mol. The van der Waals surface area contributed by atoms with E-state index >= 15 is 0 Å². The molecular formula is C12H20N2S. The van der Waals surface area contributed by atoms with Gasteiger partial charge in [-0.05, 0) is 26.2 Å². The molecule has 0 saturated heterocycles. The first-order chi connectivity index (χ1) is 7.27. The first kappa shape index (κ1) is 12.4. The molecule has 1 heterocycles. The maximum atomic E-state index is 4.24. The van der Waals surface area contributed by atoms with Gasteiger partial charge in [-0.15, -0.1) is 17.9 Å². The fourth-order valence-electron chi connectivity index (χ4n) is 1.50. The summed E-state index contributed by atoms with van der Waals surface area (Å²) in [7, 11) is 0. The minimum atomic E-state index is 0.601. The van der Waals surface area contributed by atoms with Crippen molar-refractivity contribution >= 4 is 11.3 Å². The topological polar surface area (TPSA) is 24.9 Å². The molecule has 0 radical (unpaired) electrons. The van der Waals surface area contributed by atoms with Crippen LogP contribution in [0.4, 0.5) is 0 Å². The SMILES string of the molecule is C=CCC[C@@H](CC)NCc1scnc1C. The van der Waals surface area contributed by atoms with Crippen molar-refractivity contribution in [2.75, 3.05) is 0 Å². The van der Waals surface area contributed by atoms with Gasteiger partial charge in [-0.25, -0.2) is 4.98 Å². The molecule has 0 unspecified atom stereocenters. The maximum absolute atomic E-state index is 4.24. The third-order valence-electron chi connectivity index (χ3n) is 2.61. The van der Waals surface area contributed by atoms with E-state index < -0.39 is 0 Å². The van der Waals surface area contributed by atoms with Crippen molar-refractivity contribution in [3.8, 4) is 0 Å².